The molecule has 0 fully saturated rings. The van der Waals surface area contributed by atoms with Gasteiger partial charge in [0.05, 0.1) is 12.8 Å². The maximum absolute atomic E-state index is 5.81. The zero-order valence-electron chi connectivity index (χ0n) is 9.45. The quantitative estimate of drug-likeness (QED) is 0.829. The number of aromatic amines is 1. The third-order valence-corrected chi connectivity index (χ3v) is 2.39. The molecule has 0 saturated carbocycles. The number of ether oxygens (including phenoxy) is 1. The standard InChI is InChI=1S/C12H15N3O/c1-3-16-11-5-4-8(2)6-9(11)10-7-14-15-12(10)13/h4-7H,3H2,1-2H3,(H3,13,14,15). The lowest BCUT2D eigenvalue weighted by atomic mass is 10.0. The Morgan fingerprint density at radius 1 is 1.38 bits per heavy atom. The van der Waals surface area contributed by atoms with E-state index in [1.807, 2.05) is 32.0 Å². The van der Waals surface area contributed by atoms with Crippen LogP contribution in [0.25, 0.3) is 11.1 Å². The first-order valence-electron chi connectivity index (χ1n) is 5.25. The van der Waals surface area contributed by atoms with Crippen LogP contribution in [0.4, 0.5) is 5.82 Å². The molecular formula is C12H15N3O. The van der Waals surface area contributed by atoms with Gasteiger partial charge in [-0.15, -0.1) is 0 Å². The van der Waals surface area contributed by atoms with Crippen LogP contribution in [0.3, 0.4) is 0 Å². The van der Waals surface area contributed by atoms with Gasteiger partial charge in [0, 0.05) is 11.1 Å². The monoisotopic (exact) mass is 217 g/mol. The largest absolute Gasteiger partial charge is 0.493 e. The molecule has 0 saturated heterocycles. The molecule has 0 bridgehead atoms. The Bertz CT molecular complexity index is 491. The summed E-state index contributed by atoms with van der Waals surface area (Å²) in [6, 6.07) is 6.03. The number of rotatable bonds is 3. The van der Waals surface area contributed by atoms with Crippen LogP contribution in [0.1, 0.15) is 12.5 Å². The number of hydrogen-bond donors (Lipinski definition) is 2. The molecule has 0 spiro atoms. The predicted molar refractivity (Wildman–Crippen MR) is 64.3 cm³/mol. The second kappa shape index (κ2) is 4.26. The van der Waals surface area contributed by atoms with Crippen LogP contribution in [0.5, 0.6) is 5.75 Å². The second-order valence-corrected chi connectivity index (χ2v) is 3.63. The van der Waals surface area contributed by atoms with E-state index in [1.165, 1.54) is 5.56 Å². The molecule has 4 nitrogen and oxygen atoms in total. The van der Waals surface area contributed by atoms with E-state index < -0.39 is 0 Å². The number of anilines is 1. The van der Waals surface area contributed by atoms with Crippen LogP contribution in [0.2, 0.25) is 0 Å². The van der Waals surface area contributed by atoms with Gasteiger partial charge in [0.2, 0.25) is 0 Å². The fourth-order valence-electron chi connectivity index (χ4n) is 1.65. The van der Waals surface area contributed by atoms with Crippen LogP contribution in [0, 0.1) is 6.92 Å². The highest BCUT2D eigenvalue weighted by Gasteiger charge is 2.10. The molecule has 0 aliphatic rings. The summed E-state index contributed by atoms with van der Waals surface area (Å²) >= 11 is 0. The highest BCUT2D eigenvalue weighted by molar-refractivity contribution is 5.78. The van der Waals surface area contributed by atoms with Crippen LogP contribution in [0.15, 0.2) is 24.4 Å². The number of nitrogens with one attached hydrogen (secondary N) is 1. The minimum absolute atomic E-state index is 0.562. The van der Waals surface area contributed by atoms with Crippen LogP contribution in [-0.2, 0) is 0 Å². The van der Waals surface area contributed by atoms with Crippen molar-refractivity contribution in [3.63, 3.8) is 0 Å². The fourth-order valence-corrected chi connectivity index (χ4v) is 1.65. The smallest absolute Gasteiger partial charge is 0.127 e. The number of nitrogens with zero attached hydrogens (tertiary/aromatic N) is 1. The van der Waals surface area contributed by atoms with Crippen molar-refractivity contribution in [2.45, 2.75) is 13.8 Å². The molecule has 0 aliphatic heterocycles. The third kappa shape index (κ3) is 1.86. The van der Waals surface area contributed by atoms with E-state index in [9.17, 15) is 0 Å². The van der Waals surface area contributed by atoms with Crippen molar-refractivity contribution < 1.29 is 4.74 Å². The van der Waals surface area contributed by atoms with Gasteiger partial charge < -0.3 is 10.5 Å². The van der Waals surface area contributed by atoms with Crippen molar-refractivity contribution in [3.8, 4) is 16.9 Å². The van der Waals surface area contributed by atoms with Crippen molar-refractivity contribution in [2.24, 2.45) is 0 Å². The third-order valence-electron chi connectivity index (χ3n) is 2.39. The van der Waals surface area contributed by atoms with Crippen molar-refractivity contribution in [2.75, 3.05) is 12.3 Å². The lowest BCUT2D eigenvalue weighted by molar-refractivity contribution is 0.341. The number of nitrogen functional groups attached to an aromatic ring is 1. The van der Waals surface area contributed by atoms with Crippen molar-refractivity contribution >= 4 is 5.82 Å². The first-order chi connectivity index (χ1) is 7.72. The molecular weight excluding hydrogens is 202 g/mol. The molecule has 1 aromatic carbocycles. The minimum Gasteiger partial charge on any atom is -0.493 e. The summed E-state index contributed by atoms with van der Waals surface area (Å²) in [4.78, 5) is 0. The predicted octanol–water partition coefficient (Wildman–Crippen LogP) is 2.37. The van der Waals surface area contributed by atoms with Crippen LogP contribution < -0.4 is 10.5 Å². The highest BCUT2D eigenvalue weighted by atomic mass is 16.5. The van der Waals surface area contributed by atoms with E-state index in [1.54, 1.807) is 6.20 Å². The number of aromatic nitrogens is 2. The van der Waals surface area contributed by atoms with E-state index in [2.05, 4.69) is 10.2 Å². The summed E-state index contributed by atoms with van der Waals surface area (Å²) in [5, 5.41) is 6.65. The number of nitrogens with two attached hydrogens (primary N) is 1. The minimum atomic E-state index is 0.562. The summed E-state index contributed by atoms with van der Waals surface area (Å²) in [5.41, 5.74) is 8.84. The Hall–Kier alpha value is -1.97. The molecule has 2 aromatic rings. The molecule has 0 atom stereocenters. The Kier molecular flexibility index (Phi) is 2.81. The zero-order chi connectivity index (χ0) is 11.5. The van der Waals surface area contributed by atoms with Gasteiger partial charge in [-0.3, -0.25) is 5.10 Å². The number of hydrogen-bond acceptors (Lipinski definition) is 3. The summed E-state index contributed by atoms with van der Waals surface area (Å²) in [5.74, 6) is 1.40. The maximum Gasteiger partial charge on any atom is 0.127 e. The first kappa shape index (κ1) is 10.5. The topological polar surface area (TPSA) is 63.9 Å². The average molecular weight is 217 g/mol. The molecule has 1 heterocycles. The summed E-state index contributed by atoms with van der Waals surface area (Å²) in [6.07, 6.45) is 1.71. The van der Waals surface area contributed by atoms with Gasteiger partial charge in [-0.1, -0.05) is 11.6 Å². The normalized spacial score (nSPS) is 10.4. The summed E-state index contributed by atoms with van der Waals surface area (Å²) in [6.45, 7) is 4.63. The molecule has 0 amide bonds. The van der Waals surface area contributed by atoms with E-state index >= 15 is 0 Å². The van der Waals surface area contributed by atoms with Crippen LogP contribution in [-0.4, -0.2) is 16.8 Å². The van der Waals surface area contributed by atoms with Gasteiger partial charge in [-0.25, -0.2) is 0 Å². The zero-order valence-corrected chi connectivity index (χ0v) is 9.45. The summed E-state index contributed by atoms with van der Waals surface area (Å²) < 4.78 is 5.57. The second-order valence-electron chi connectivity index (χ2n) is 3.63. The SMILES string of the molecule is CCOc1ccc(C)cc1-c1cn[nH]c1N. The van der Waals surface area contributed by atoms with E-state index in [0.29, 0.717) is 12.4 Å². The lowest BCUT2D eigenvalue weighted by Gasteiger charge is -2.10. The molecule has 0 radical (unpaired) electrons. The molecule has 2 rings (SSSR count). The number of benzene rings is 1. The fraction of sp³-hybridized carbons (Fsp3) is 0.250. The first-order valence-corrected chi connectivity index (χ1v) is 5.25. The van der Waals surface area contributed by atoms with Gasteiger partial charge in [0.1, 0.15) is 11.6 Å². The van der Waals surface area contributed by atoms with Gasteiger partial charge in [0.15, 0.2) is 0 Å². The molecule has 0 unspecified atom stereocenters. The Morgan fingerprint density at radius 2 is 2.19 bits per heavy atom. The van der Waals surface area contributed by atoms with Gasteiger partial charge in [0.25, 0.3) is 0 Å². The highest BCUT2D eigenvalue weighted by Crippen LogP contribution is 2.33. The molecule has 4 heteroatoms. The number of aryl methyl sites for hydroxylation is 1. The van der Waals surface area contributed by atoms with E-state index in [4.69, 9.17) is 10.5 Å². The number of H-pyrrole nitrogens is 1. The maximum atomic E-state index is 5.81. The average Bonchev–Trinajstić information content (AvgIpc) is 2.67. The Labute approximate surface area is 94.4 Å². The van der Waals surface area contributed by atoms with Crippen LogP contribution >= 0.6 is 0 Å². The van der Waals surface area contributed by atoms with E-state index in [0.717, 1.165) is 16.9 Å². The summed E-state index contributed by atoms with van der Waals surface area (Å²) in [7, 11) is 0. The Morgan fingerprint density at radius 3 is 2.81 bits per heavy atom. The molecule has 3 N–H and O–H groups in total. The van der Waals surface area contributed by atoms with E-state index in [-0.39, 0.29) is 0 Å². The molecule has 0 aliphatic carbocycles. The van der Waals surface area contributed by atoms with Gasteiger partial charge in [-0.2, -0.15) is 5.10 Å². The molecule has 16 heavy (non-hydrogen) atoms. The van der Waals surface area contributed by atoms with Crippen molar-refractivity contribution in [1.82, 2.24) is 10.2 Å². The van der Waals surface area contributed by atoms with Crippen molar-refractivity contribution in [3.05, 3.63) is 30.0 Å². The molecule has 1 aromatic heterocycles. The van der Waals surface area contributed by atoms with Crippen molar-refractivity contribution in [1.29, 1.82) is 0 Å². The Balaban J connectivity index is 2.53. The van der Waals surface area contributed by atoms with Gasteiger partial charge in [-0.05, 0) is 26.0 Å². The lowest BCUT2D eigenvalue weighted by Crippen LogP contribution is -1.95. The van der Waals surface area contributed by atoms with Gasteiger partial charge >= 0.3 is 0 Å². The molecule has 84 valence electrons.